The molecule has 0 aliphatic rings. The van der Waals surface area contributed by atoms with Crippen molar-refractivity contribution in [2.45, 2.75) is 0 Å². The molecule has 5 nitrogen and oxygen atoms in total. The summed E-state index contributed by atoms with van der Waals surface area (Å²) in [6, 6.07) is 6.56. The molecule has 1 rings (SSSR count). The highest BCUT2D eigenvalue weighted by Gasteiger charge is 2.13. The first-order valence-corrected chi connectivity index (χ1v) is 6.00. The molecule has 0 aromatic heterocycles. The molecule has 0 saturated carbocycles. The first-order valence-electron chi connectivity index (χ1n) is 5.63. The molecule has 0 aliphatic heterocycles. The standard InChI is InChI=1S/C12H16ClN3O2/c1-16(2)8-7-14-11(17)12(18)15-10-5-3-9(13)4-6-10/h3-6H,7-8H2,1-2H3,(H,14,17)(H,15,18)/p+1. The minimum atomic E-state index is -0.675. The van der Waals surface area contributed by atoms with E-state index in [0.717, 1.165) is 6.54 Å². The van der Waals surface area contributed by atoms with Crippen molar-refractivity contribution in [2.75, 3.05) is 32.5 Å². The molecular weight excluding hydrogens is 254 g/mol. The molecule has 1 aromatic carbocycles. The number of rotatable bonds is 4. The van der Waals surface area contributed by atoms with Gasteiger partial charge in [-0.1, -0.05) is 11.6 Å². The summed E-state index contributed by atoms with van der Waals surface area (Å²) < 4.78 is 0. The Kier molecular flexibility index (Phi) is 5.61. The first kappa shape index (κ1) is 14.5. The van der Waals surface area contributed by atoms with E-state index in [1.807, 2.05) is 14.1 Å². The summed E-state index contributed by atoms with van der Waals surface area (Å²) in [5.74, 6) is -1.31. The van der Waals surface area contributed by atoms with Crippen LogP contribution in [0.2, 0.25) is 5.02 Å². The maximum Gasteiger partial charge on any atom is 0.313 e. The smallest absolute Gasteiger partial charge is 0.313 e. The molecule has 0 fully saturated rings. The minimum Gasteiger partial charge on any atom is -0.342 e. The summed E-state index contributed by atoms with van der Waals surface area (Å²) in [4.78, 5) is 24.1. The molecule has 3 N–H and O–H groups in total. The number of nitrogens with one attached hydrogen (secondary N) is 3. The lowest BCUT2D eigenvalue weighted by Gasteiger charge is -2.08. The van der Waals surface area contributed by atoms with Crippen LogP contribution in [0.15, 0.2) is 24.3 Å². The van der Waals surface area contributed by atoms with Crippen LogP contribution in [0.5, 0.6) is 0 Å². The monoisotopic (exact) mass is 270 g/mol. The van der Waals surface area contributed by atoms with Crippen molar-refractivity contribution >= 4 is 29.1 Å². The molecule has 0 spiro atoms. The van der Waals surface area contributed by atoms with Gasteiger partial charge in [0.25, 0.3) is 0 Å². The molecule has 1 aromatic rings. The van der Waals surface area contributed by atoms with Gasteiger partial charge in [-0.3, -0.25) is 9.59 Å². The molecule has 2 amide bonds. The van der Waals surface area contributed by atoms with E-state index < -0.39 is 11.8 Å². The highest BCUT2D eigenvalue weighted by Crippen LogP contribution is 2.12. The molecule has 0 bridgehead atoms. The van der Waals surface area contributed by atoms with Crippen molar-refractivity contribution in [3.63, 3.8) is 0 Å². The maximum atomic E-state index is 11.5. The van der Waals surface area contributed by atoms with Crippen molar-refractivity contribution in [2.24, 2.45) is 0 Å². The van der Waals surface area contributed by atoms with E-state index in [-0.39, 0.29) is 0 Å². The predicted octanol–water partition coefficient (Wildman–Crippen LogP) is -0.461. The van der Waals surface area contributed by atoms with Gasteiger partial charge in [-0.05, 0) is 24.3 Å². The molecule has 6 heteroatoms. The number of amides is 2. The van der Waals surface area contributed by atoms with E-state index in [2.05, 4.69) is 10.6 Å². The Labute approximate surface area is 111 Å². The van der Waals surface area contributed by atoms with Gasteiger partial charge in [0.15, 0.2) is 0 Å². The molecule has 0 aliphatic carbocycles. The van der Waals surface area contributed by atoms with Gasteiger partial charge in [-0.2, -0.15) is 0 Å². The number of benzene rings is 1. The predicted molar refractivity (Wildman–Crippen MR) is 70.8 cm³/mol. The summed E-state index contributed by atoms with van der Waals surface area (Å²) >= 11 is 5.71. The number of carbonyl (C=O) groups is 2. The van der Waals surface area contributed by atoms with Crippen molar-refractivity contribution < 1.29 is 14.5 Å². The van der Waals surface area contributed by atoms with Crippen LogP contribution in [0.3, 0.4) is 0 Å². The number of hydrogen-bond acceptors (Lipinski definition) is 2. The number of hydrogen-bond donors (Lipinski definition) is 3. The topological polar surface area (TPSA) is 62.6 Å². The molecule has 18 heavy (non-hydrogen) atoms. The van der Waals surface area contributed by atoms with Gasteiger partial charge in [0.05, 0.1) is 27.2 Å². The highest BCUT2D eigenvalue weighted by molar-refractivity contribution is 6.39. The Bertz CT molecular complexity index is 418. The van der Waals surface area contributed by atoms with E-state index >= 15 is 0 Å². The molecule has 0 saturated heterocycles. The van der Waals surface area contributed by atoms with Gasteiger partial charge in [-0.25, -0.2) is 0 Å². The normalized spacial score (nSPS) is 10.2. The molecule has 0 atom stereocenters. The van der Waals surface area contributed by atoms with Crippen LogP contribution in [0.1, 0.15) is 0 Å². The van der Waals surface area contributed by atoms with Crippen LogP contribution >= 0.6 is 11.6 Å². The van der Waals surface area contributed by atoms with Gasteiger partial charge in [0, 0.05) is 10.7 Å². The second kappa shape index (κ2) is 6.98. The number of anilines is 1. The van der Waals surface area contributed by atoms with Crippen molar-refractivity contribution in [1.29, 1.82) is 0 Å². The Hall–Kier alpha value is -1.59. The average Bonchev–Trinajstić information content (AvgIpc) is 2.31. The second-order valence-electron chi connectivity index (χ2n) is 4.17. The minimum absolute atomic E-state index is 0.467. The van der Waals surface area contributed by atoms with Crippen molar-refractivity contribution in [3.05, 3.63) is 29.3 Å². The quantitative estimate of drug-likeness (QED) is 0.649. The third-order valence-corrected chi connectivity index (χ3v) is 2.47. The van der Waals surface area contributed by atoms with E-state index in [1.54, 1.807) is 24.3 Å². The lowest BCUT2D eigenvalue weighted by atomic mass is 10.3. The fraction of sp³-hybridized carbons (Fsp3) is 0.333. The third kappa shape index (κ3) is 5.16. The zero-order valence-corrected chi connectivity index (χ0v) is 11.2. The Morgan fingerprint density at radius 3 is 2.33 bits per heavy atom. The SMILES string of the molecule is C[NH+](C)CCNC(=O)C(=O)Nc1ccc(Cl)cc1. The lowest BCUT2D eigenvalue weighted by molar-refractivity contribution is -0.856. The van der Waals surface area contributed by atoms with E-state index in [0.29, 0.717) is 17.3 Å². The molecule has 98 valence electrons. The molecular formula is C12H17ClN3O2+. The van der Waals surface area contributed by atoms with Crippen molar-refractivity contribution in [1.82, 2.24) is 5.32 Å². The number of likely N-dealkylation sites (N-methyl/N-ethyl adjacent to an activating group) is 1. The fourth-order valence-corrected chi connectivity index (χ4v) is 1.35. The summed E-state index contributed by atoms with van der Waals surface area (Å²) in [6.45, 7) is 1.23. The number of halogens is 1. The van der Waals surface area contributed by atoms with Crippen LogP contribution in [0.4, 0.5) is 5.69 Å². The zero-order chi connectivity index (χ0) is 13.5. The number of carbonyl (C=O) groups excluding carboxylic acids is 2. The summed E-state index contributed by atoms with van der Waals surface area (Å²) in [6.07, 6.45) is 0. The largest absolute Gasteiger partial charge is 0.342 e. The van der Waals surface area contributed by atoms with Crippen LogP contribution in [-0.4, -0.2) is 39.0 Å². The average molecular weight is 271 g/mol. The summed E-state index contributed by atoms with van der Waals surface area (Å²) in [5.41, 5.74) is 0.540. The van der Waals surface area contributed by atoms with Gasteiger partial charge in [0.1, 0.15) is 0 Å². The summed E-state index contributed by atoms with van der Waals surface area (Å²) in [5, 5.41) is 5.61. The van der Waals surface area contributed by atoms with Gasteiger partial charge in [0.2, 0.25) is 0 Å². The van der Waals surface area contributed by atoms with Crippen LogP contribution in [-0.2, 0) is 9.59 Å². The van der Waals surface area contributed by atoms with Gasteiger partial charge in [-0.15, -0.1) is 0 Å². The molecule has 0 heterocycles. The Balaban J connectivity index is 2.40. The third-order valence-electron chi connectivity index (χ3n) is 2.22. The van der Waals surface area contributed by atoms with Gasteiger partial charge >= 0.3 is 11.8 Å². The summed E-state index contributed by atoms with van der Waals surface area (Å²) in [7, 11) is 3.94. The molecule has 0 unspecified atom stereocenters. The molecule has 0 radical (unpaired) electrons. The first-order chi connectivity index (χ1) is 8.49. The lowest BCUT2D eigenvalue weighted by Crippen LogP contribution is -3.06. The Morgan fingerprint density at radius 1 is 1.17 bits per heavy atom. The van der Waals surface area contributed by atoms with Crippen LogP contribution < -0.4 is 15.5 Å². The van der Waals surface area contributed by atoms with E-state index in [1.165, 1.54) is 4.90 Å². The highest BCUT2D eigenvalue weighted by atomic mass is 35.5. The number of quaternary nitrogens is 1. The van der Waals surface area contributed by atoms with E-state index in [9.17, 15) is 9.59 Å². The van der Waals surface area contributed by atoms with Gasteiger partial charge < -0.3 is 15.5 Å². The fourth-order valence-electron chi connectivity index (χ4n) is 1.23. The second-order valence-corrected chi connectivity index (χ2v) is 4.61. The zero-order valence-electron chi connectivity index (χ0n) is 10.4. The van der Waals surface area contributed by atoms with E-state index in [4.69, 9.17) is 11.6 Å². The van der Waals surface area contributed by atoms with Crippen molar-refractivity contribution in [3.8, 4) is 0 Å². The van der Waals surface area contributed by atoms with Crippen LogP contribution in [0.25, 0.3) is 0 Å². The Morgan fingerprint density at radius 2 is 1.78 bits per heavy atom. The maximum absolute atomic E-state index is 11.5. The van der Waals surface area contributed by atoms with Crippen LogP contribution in [0, 0.1) is 0 Å².